The molecule has 1 amide bonds. The lowest BCUT2D eigenvalue weighted by Gasteiger charge is -2.55. The van der Waals surface area contributed by atoms with E-state index in [1.165, 1.54) is 24.8 Å². The van der Waals surface area contributed by atoms with Crippen LogP contribution in [-0.2, 0) is 11.2 Å². The van der Waals surface area contributed by atoms with Crippen molar-refractivity contribution in [2.24, 2.45) is 23.2 Å². The number of ether oxygens (including phenoxy) is 1. The number of benzene rings is 2. The molecule has 4 bridgehead atoms. The standard InChI is InChI=1S/C27H32N2O2S/c30-25(27-16-20-12-21(17-27)14-22(13-20)18-27)29-26(32)28-23-9-4-10-24(15-23)31-11-5-8-19-6-2-1-3-7-19/h1-4,6-7,9-10,15,20-22H,5,8,11-14,16-18H2,(H2,28,29,30,32). The molecule has 0 aliphatic heterocycles. The summed E-state index contributed by atoms with van der Waals surface area (Å²) >= 11 is 5.49. The molecule has 4 fully saturated rings. The maximum absolute atomic E-state index is 13.2. The van der Waals surface area contributed by atoms with Gasteiger partial charge in [0.15, 0.2) is 5.11 Å². The highest BCUT2D eigenvalue weighted by atomic mass is 32.1. The minimum atomic E-state index is -0.190. The summed E-state index contributed by atoms with van der Waals surface area (Å²) in [6.07, 6.45) is 9.06. The molecule has 0 saturated heterocycles. The molecule has 2 aromatic carbocycles. The Morgan fingerprint density at radius 1 is 0.969 bits per heavy atom. The molecule has 0 radical (unpaired) electrons. The third-order valence-corrected chi connectivity index (χ3v) is 7.76. The Balaban J connectivity index is 1.11. The van der Waals surface area contributed by atoms with Gasteiger partial charge in [0.05, 0.1) is 12.0 Å². The van der Waals surface area contributed by atoms with Crippen LogP contribution in [0, 0.1) is 23.2 Å². The fourth-order valence-corrected chi connectivity index (χ4v) is 6.77. The van der Waals surface area contributed by atoms with Gasteiger partial charge in [-0.1, -0.05) is 36.4 Å². The normalized spacial score (nSPS) is 27.7. The van der Waals surface area contributed by atoms with E-state index in [4.69, 9.17) is 17.0 Å². The molecular formula is C27H32N2O2S. The highest BCUT2D eigenvalue weighted by Gasteiger charge is 2.54. The highest BCUT2D eigenvalue weighted by Crippen LogP contribution is 2.60. The van der Waals surface area contributed by atoms with Gasteiger partial charge in [0.2, 0.25) is 5.91 Å². The summed E-state index contributed by atoms with van der Waals surface area (Å²) in [7, 11) is 0. The second-order valence-electron chi connectivity index (χ2n) is 10.1. The summed E-state index contributed by atoms with van der Waals surface area (Å²) in [4.78, 5) is 13.2. The number of rotatable bonds is 7. The first-order valence-corrected chi connectivity index (χ1v) is 12.4. The van der Waals surface area contributed by atoms with E-state index in [0.717, 1.165) is 61.3 Å². The maximum atomic E-state index is 13.2. The minimum Gasteiger partial charge on any atom is -0.494 e. The zero-order chi connectivity index (χ0) is 22.0. The molecule has 0 atom stereocenters. The monoisotopic (exact) mass is 448 g/mol. The molecule has 2 N–H and O–H groups in total. The van der Waals surface area contributed by atoms with E-state index in [9.17, 15) is 4.79 Å². The van der Waals surface area contributed by atoms with Crippen molar-refractivity contribution in [3.05, 3.63) is 60.2 Å². The summed E-state index contributed by atoms with van der Waals surface area (Å²) in [5.74, 6) is 3.15. The van der Waals surface area contributed by atoms with Crippen LogP contribution in [-0.4, -0.2) is 17.6 Å². The van der Waals surface area contributed by atoms with Crippen LogP contribution in [0.3, 0.4) is 0 Å². The van der Waals surface area contributed by atoms with E-state index in [1.54, 1.807) is 0 Å². The molecule has 0 unspecified atom stereocenters. The summed E-state index contributed by atoms with van der Waals surface area (Å²) in [6.45, 7) is 0.658. The average molecular weight is 449 g/mol. The Labute approximate surface area is 196 Å². The topological polar surface area (TPSA) is 50.4 Å². The quantitative estimate of drug-likeness (QED) is 0.420. The first-order valence-electron chi connectivity index (χ1n) is 12.0. The third-order valence-electron chi connectivity index (χ3n) is 7.56. The van der Waals surface area contributed by atoms with Crippen LogP contribution < -0.4 is 15.4 Å². The van der Waals surface area contributed by atoms with E-state index in [-0.39, 0.29) is 11.3 Å². The number of hydrogen-bond acceptors (Lipinski definition) is 3. The van der Waals surface area contributed by atoms with Gasteiger partial charge in [0.25, 0.3) is 0 Å². The van der Waals surface area contributed by atoms with Crippen molar-refractivity contribution in [1.29, 1.82) is 0 Å². The fourth-order valence-electron chi connectivity index (χ4n) is 6.56. The molecular weight excluding hydrogens is 416 g/mol. The van der Waals surface area contributed by atoms with Crippen LogP contribution >= 0.6 is 12.2 Å². The highest BCUT2D eigenvalue weighted by molar-refractivity contribution is 7.80. The predicted molar refractivity (Wildman–Crippen MR) is 132 cm³/mol. The van der Waals surface area contributed by atoms with E-state index >= 15 is 0 Å². The van der Waals surface area contributed by atoms with E-state index in [1.807, 2.05) is 30.3 Å². The number of anilines is 1. The van der Waals surface area contributed by atoms with Gasteiger partial charge in [0.1, 0.15) is 5.75 Å². The van der Waals surface area contributed by atoms with Crippen LogP contribution in [0.25, 0.3) is 0 Å². The Morgan fingerprint density at radius 3 is 2.34 bits per heavy atom. The number of nitrogens with one attached hydrogen (secondary N) is 2. The zero-order valence-electron chi connectivity index (χ0n) is 18.5. The lowest BCUT2D eigenvalue weighted by atomic mass is 9.49. The van der Waals surface area contributed by atoms with Crippen LogP contribution in [0.2, 0.25) is 0 Å². The van der Waals surface area contributed by atoms with Crippen molar-refractivity contribution in [3.63, 3.8) is 0 Å². The largest absolute Gasteiger partial charge is 0.494 e. The molecule has 0 aromatic heterocycles. The summed E-state index contributed by atoms with van der Waals surface area (Å²) in [5, 5.41) is 6.58. The van der Waals surface area contributed by atoms with Crippen molar-refractivity contribution >= 4 is 28.9 Å². The molecule has 4 aliphatic rings. The van der Waals surface area contributed by atoms with Crippen molar-refractivity contribution in [2.45, 2.75) is 51.4 Å². The zero-order valence-corrected chi connectivity index (χ0v) is 19.3. The van der Waals surface area contributed by atoms with Crippen molar-refractivity contribution in [1.82, 2.24) is 5.32 Å². The molecule has 32 heavy (non-hydrogen) atoms. The Bertz CT molecular complexity index is 939. The smallest absolute Gasteiger partial charge is 0.232 e. The number of carbonyl (C=O) groups is 1. The van der Waals surface area contributed by atoms with E-state index in [2.05, 4.69) is 34.9 Å². The van der Waals surface area contributed by atoms with Gasteiger partial charge in [-0.05, 0) is 99.0 Å². The van der Waals surface area contributed by atoms with Gasteiger partial charge in [-0.3, -0.25) is 4.79 Å². The van der Waals surface area contributed by atoms with Gasteiger partial charge in [-0.2, -0.15) is 0 Å². The maximum Gasteiger partial charge on any atom is 0.232 e. The molecule has 6 rings (SSSR count). The third kappa shape index (κ3) is 4.83. The first-order chi connectivity index (χ1) is 15.6. The molecule has 168 valence electrons. The van der Waals surface area contributed by atoms with Gasteiger partial charge < -0.3 is 15.4 Å². The number of thiocarbonyl (C=S) groups is 1. The van der Waals surface area contributed by atoms with Crippen LogP contribution in [0.5, 0.6) is 5.75 Å². The Morgan fingerprint density at radius 2 is 1.66 bits per heavy atom. The van der Waals surface area contributed by atoms with Crippen LogP contribution in [0.1, 0.15) is 50.5 Å². The van der Waals surface area contributed by atoms with Crippen LogP contribution in [0.15, 0.2) is 54.6 Å². The van der Waals surface area contributed by atoms with E-state index < -0.39 is 0 Å². The summed E-state index contributed by atoms with van der Waals surface area (Å²) in [5.41, 5.74) is 1.97. The van der Waals surface area contributed by atoms with Gasteiger partial charge in [0, 0.05) is 11.8 Å². The lowest BCUT2D eigenvalue weighted by Crippen LogP contribution is -2.55. The Hall–Kier alpha value is -2.40. The molecule has 0 spiro atoms. The molecule has 4 nitrogen and oxygen atoms in total. The lowest BCUT2D eigenvalue weighted by molar-refractivity contribution is -0.144. The molecule has 4 aliphatic carbocycles. The average Bonchev–Trinajstić information content (AvgIpc) is 2.77. The second-order valence-corrected chi connectivity index (χ2v) is 10.5. The summed E-state index contributed by atoms with van der Waals surface area (Å²) in [6, 6.07) is 18.2. The number of carbonyl (C=O) groups excluding carboxylic acids is 1. The van der Waals surface area contributed by atoms with E-state index in [0.29, 0.717) is 11.7 Å². The predicted octanol–water partition coefficient (Wildman–Crippen LogP) is 5.73. The summed E-state index contributed by atoms with van der Waals surface area (Å²) < 4.78 is 5.93. The Kier molecular flexibility index (Phi) is 6.18. The van der Waals surface area contributed by atoms with Gasteiger partial charge in [-0.25, -0.2) is 0 Å². The minimum absolute atomic E-state index is 0.127. The molecule has 5 heteroatoms. The SMILES string of the molecule is O=C(NC(=S)Nc1cccc(OCCCc2ccccc2)c1)C12CC3CC(CC(C3)C1)C2. The number of amides is 1. The molecule has 2 aromatic rings. The number of aryl methyl sites for hydroxylation is 1. The van der Waals surface area contributed by atoms with Crippen molar-refractivity contribution in [3.8, 4) is 5.75 Å². The fraction of sp³-hybridized carbons (Fsp3) is 0.481. The molecule has 0 heterocycles. The van der Waals surface area contributed by atoms with Crippen molar-refractivity contribution in [2.75, 3.05) is 11.9 Å². The first kappa shape index (κ1) is 21.4. The van der Waals surface area contributed by atoms with Gasteiger partial charge in [-0.15, -0.1) is 0 Å². The van der Waals surface area contributed by atoms with Crippen LogP contribution in [0.4, 0.5) is 5.69 Å². The van der Waals surface area contributed by atoms with Crippen molar-refractivity contribution < 1.29 is 9.53 Å². The number of hydrogen-bond donors (Lipinski definition) is 2. The van der Waals surface area contributed by atoms with Gasteiger partial charge >= 0.3 is 0 Å². The molecule has 4 saturated carbocycles. The second kappa shape index (κ2) is 9.22.